The predicted octanol–water partition coefficient (Wildman–Crippen LogP) is 5.87. The summed E-state index contributed by atoms with van der Waals surface area (Å²) >= 11 is 0. The lowest BCUT2D eigenvalue weighted by molar-refractivity contribution is -0.303. The first-order valence-corrected chi connectivity index (χ1v) is 8.35. The molecular weight excluding hydrogens is 419 g/mol. The Labute approximate surface area is 166 Å². The number of carbonyl (C=O) groups excluding carboxylic acids is 1. The van der Waals surface area contributed by atoms with Gasteiger partial charge < -0.3 is 4.74 Å². The number of halogens is 7. The molecule has 0 unspecified atom stereocenters. The molecule has 0 saturated carbocycles. The molecule has 1 aromatic heterocycles. The fourth-order valence-electron chi connectivity index (χ4n) is 2.32. The minimum absolute atomic E-state index is 0.0396. The summed E-state index contributed by atoms with van der Waals surface area (Å²) in [4.78, 5) is 15.5. The van der Waals surface area contributed by atoms with E-state index in [1.54, 1.807) is 0 Å². The zero-order chi connectivity index (χ0) is 22.5. The van der Waals surface area contributed by atoms with Gasteiger partial charge in [-0.2, -0.15) is 8.78 Å². The van der Waals surface area contributed by atoms with E-state index in [2.05, 4.69) is 9.72 Å². The van der Waals surface area contributed by atoms with Crippen molar-refractivity contribution in [2.75, 3.05) is 0 Å². The molecule has 1 heterocycles. The average Bonchev–Trinajstić information content (AvgIpc) is 2.66. The summed E-state index contributed by atoms with van der Waals surface area (Å²) in [5.41, 5.74) is -1.59. The highest BCUT2D eigenvalue weighted by Crippen LogP contribution is 2.31. The highest BCUT2D eigenvalue weighted by molar-refractivity contribution is 6.01. The molecule has 0 N–H and O–H groups in total. The summed E-state index contributed by atoms with van der Waals surface area (Å²) in [7, 11) is 0. The molecule has 0 aliphatic heterocycles. The third kappa shape index (κ3) is 5.91. The third-order valence-corrected chi connectivity index (χ3v) is 3.76. The zero-order valence-corrected chi connectivity index (χ0v) is 15.3. The lowest BCUT2D eigenvalue weighted by atomic mass is 10.0. The fourth-order valence-corrected chi connectivity index (χ4v) is 2.32. The second-order valence-electron chi connectivity index (χ2n) is 5.92. The minimum Gasteiger partial charge on any atom is -0.406 e. The van der Waals surface area contributed by atoms with Crippen LogP contribution in [0.1, 0.15) is 28.5 Å². The van der Waals surface area contributed by atoms with Crippen molar-refractivity contribution < 1.29 is 40.3 Å². The Morgan fingerprint density at radius 3 is 2.33 bits per heavy atom. The van der Waals surface area contributed by atoms with E-state index >= 15 is 0 Å². The number of aromatic nitrogens is 1. The summed E-state index contributed by atoms with van der Waals surface area (Å²) in [5, 5.41) is 0. The first kappa shape index (κ1) is 23.1. The van der Waals surface area contributed by atoms with E-state index in [0.29, 0.717) is 23.8 Å². The van der Waals surface area contributed by atoms with Gasteiger partial charge in [-0.25, -0.2) is 8.78 Å². The molecule has 1 aromatic carbocycles. The Morgan fingerprint density at radius 1 is 1.10 bits per heavy atom. The Kier molecular flexibility index (Phi) is 7.01. The van der Waals surface area contributed by atoms with Crippen molar-refractivity contribution >= 4 is 5.78 Å². The Bertz CT molecular complexity index is 964. The van der Waals surface area contributed by atoms with Gasteiger partial charge >= 0.3 is 12.3 Å². The molecule has 0 aliphatic rings. The number of ketones is 1. The Morgan fingerprint density at radius 2 is 1.80 bits per heavy atom. The van der Waals surface area contributed by atoms with Crippen LogP contribution in [0.5, 0.6) is 0 Å². The Balaban J connectivity index is 2.12. The summed E-state index contributed by atoms with van der Waals surface area (Å²) in [6, 6.07) is 3.63. The van der Waals surface area contributed by atoms with Crippen LogP contribution in [0.15, 0.2) is 60.5 Å². The van der Waals surface area contributed by atoms with Gasteiger partial charge in [-0.15, -0.1) is 13.2 Å². The van der Waals surface area contributed by atoms with Gasteiger partial charge in [0.05, 0.1) is 5.56 Å². The van der Waals surface area contributed by atoms with E-state index in [1.165, 1.54) is 19.1 Å². The SMILES string of the molecule is C/C=C(\C=C/Cc1ccc(C(F)(F)C(=O)c2ccc(F)cc2F)nc1)OC(F)(F)F. The summed E-state index contributed by atoms with van der Waals surface area (Å²) in [6.45, 7) is 1.34. The number of alkyl halides is 5. The number of benzene rings is 1. The molecule has 0 saturated heterocycles. The van der Waals surface area contributed by atoms with E-state index in [9.17, 15) is 35.5 Å². The highest BCUT2D eigenvalue weighted by atomic mass is 19.4. The molecular formula is C20H14F7NO2. The zero-order valence-electron chi connectivity index (χ0n) is 15.3. The average molecular weight is 433 g/mol. The normalized spacial score (nSPS) is 13.0. The van der Waals surface area contributed by atoms with Crippen molar-refractivity contribution in [1.29, 1.82) is 0 Å². The maximum Gasteiger partial charge on any atom is 0.573 e. The summed E-state index contributed by atoms with van der Waals surface area (Å²) < 4.78 is 95.6. The number of hydrogen-bond acceptors (Lipinski definition) is 3. The quantitative estimate of drug-likeness (QED) is 0.237. The molecule has 0 amide bonds. The molecule has 0 fully saturated rings. The summed E-state index contributed by atoms with van der Waals surface area (Å²) in [6.07, 6.45) is -0.366. The molecule has 3 nitrogen and oxygen atoms in total. The van der Waals surface area contributed by atoms with E-state index < -0.39 is 46.7 Å². The van der Waals surface area contributed by atoms with Crippen LogP contribution in [0, 0.1) is 11.6 Å². The second-order valence-corrected chi connectivity index (χ2v) is 5.92. The number of pyridine rings is 1. The maximum absolute atomic E-state index is 14.4. The van der Waals surface area contributed by atoms with Gasteiger partial charge in [0.15, 0.2) is 0 Å². The number of carbonyl (C=O) groups is 1. The largest absolute Gasteiger partial charge is 0.573 e. The molecule has 0 aliphatic carbocycles. The first-order chi connectivity index (χ1) is 13.9. The van der Waals surface area contributed by atoms with Gasteiger partial charge in [-0.05, 0) is 49.3 Å². The molecule has 0 spiro atoms. The molecule has 30 heavy (non-hydrogen) atoms. The van der Waals surface area contributed by atoms with Crippen molar-refractivity contribution in [2.24, 2.45) is 0 Å². The van der Waals surface area contributed by atoms with Crippen LogP contribution in [0.4, 0.5) is 30.7 Å². The topological polar surface area (TPSA) is 39.2 Å². The maximum atomic E-state index is 14.4. The van der Waals surface area contributed by atoms with Crippen LogP contribution in [-0.4, -0.2) is 17.1 Å². The molecule has 0 atom stereocenters. The van der Waals surface area contributed by atoms with Crippen molar-refractivity contribution in [1.82, 2.24) is 4.98 Å². The fraction of sp³-hybridized carbons (Fsp3) is 0.200. The monoisotopic (exact) mass is 433 g/mol. The number of allylic oxidation sites excluding steroid dienone is 3. The molecule has 2 aromatic rings. The van der Waals surface area contributed by atoms with Crippen molar-refractivity contribution in [3.05, 3.63) is 89.0 Å². The van der Waals surface area contributed by atoms with Crippen LogP contribution in [0.2, 0.25) is 0 Å². The number of nitrogens with zero attached hydrogens (tertiary/aromatic N) is 1. The first-order valence-electron chi connectivity index (χ1n) is 8.35. The number of ether oxygens (including phenoxy) is 1. The summed E-state index contributed by atoms with van der Waals surface area (Å²) in [5.74, 6) is -8.97. The van der Waals surface area contributed by atoms with Crippen LogP contribution in [0.25, 0.3) is 0 Å². The van der Waals surface area contributed by atoms with Gasteiger partial charge in [0, 0.05) is 12.3 Å². The number of Topliss-reactive ketones (excluding diaryl/α,β-unsaturated/α-hetero) is 1. The smallest absolute Gasteiger partial charge is 0.406 e. The van der Waals surface area contributed by atoms with E-state index in [0.717, 1.165) is 24.4 Å². The van der Waals surface area contributed by atoms with Crippen molar-refractivity contribution in [2.45, 2.75) is 25.6 Å². The van der Waals surface area contributed by atoms with Crippen molar-refractivity contribution in [3.63, 3.8) is 0 Å². The number of hydrogen-bond donors (Lipinski definition) is 0. The van der Waals surface area contributed by atoms with Gasteiger partial charge in [0.1, 0.15) is 23.1 Å². The van der Waals surface area contributed by atoms with Crippen molar-refractivity contribution in [3.8, 4) is 0 Å². The van der Waals surface area contributed by atoms with Gasteiger partial charge in [-0.1, -0.05) is 12.1 Å². The van der Waals surface area contributed by atoms with Gasteiger partial charge in [-0.3, -0.25) is 9.78 Å². The van der Waals surface area contributed by atoms with Crippen LogP contribution in [-0.2, 0) is 17.1 Å². The van der Waals surface area contributed by atoms with Crippen LogP contribution >= 0.6 is 0 Å². The van der Waals surface area contributed by atoms with Crippen LogP contribution < -0.4 is 0 Å². The van der Waals surface area contributed by atoms with E-state index in [-0.39, 0.29) is 6.42 Å². The lowest BCUT2D eigenvalue weighted by Crippen LogP contribution is -2.28. The van der Waals surface area contributed by atoms with Gasteiger partial charge in [0.2, 0.25) is 5.78 Å². The third-order valence-electron chi connectivity index (χ3n) is 3.76. The van der Waals surface area contributed by atoms with E-state index in [1.807, 2.05) is 0 Å². The minimum atomic E-state index is -4.85. The highest BCUT2D eigenvalue weighted by Gasteiger charge is 2.44. The molecule has 0 bridgehead atoms. The molecule has 160 valence electrons. The predicted molar refractivity (Wildman–Crippen MR) is 92.6 cm³/mol. The number of rotatable bonds is 7. The van der Waals surface area contributed by atoms with Gasteiger partial charge in [0.25, 0.3) is 0 Å². The molecule has 2 rings (SSSR count). The second kappa shape index (κ2) is 9.10. The lowest BCUT2D eigenvalue weighted by Gasteiger charge is -2.15. The standard InChI is InChI=1S/C20H14F7NO2/c1-2-14(30-20(25,26)27)5-3-4-12-6-9-17(28-11-12)19(23,24)18(29)15-8-7-13(21)10-16(15)22/h2-3,5-11H,4H2,1H3/b5-3-,14-2+. The molecule has 10 heteroatoms. The van der Waals surface area contributed by atoms with Crippen LogP contribution in [0.3, 0.4) is 0 Å². The van der Waals surface area contributed by atoms with E-state index in [4.69, 9.17) is 0 Å². The Hall–Kier alpha value is -3.17. The molecule has 0 radical (unpaired) electrons.